The van der Waals surface area contributed by atoms with Crippen LogP contribution in [0.4, 0.5) is 22.7 Å². The Labute approximate surface area is 236 Å². The quantitative estimate of drug-likeness (QED) is 0.174. The van der Waals surface area contributed by atoms with Gasteiger partial charge in [0.1, 0.15) is 16.3 Å². The van der Waals surface area contributed by atoms with Crippen molar-refractivity contribution in [1.29, 1.82) is 0 Å². The Bertz CT molecular complexity index is 1850. The minimum absolute atomic E-state index is 0.0447. The van der Waals surface area contributed by atoms with Gasteiger partial charge in [-0.3, -0.25) is 8.74 Å². The summed E-state index contributed by atoms with van der Waals surface area (Å²) in [6.45, 7) is 11.3. The molecule has 4 rings (SSSR count). The molecule has 4 aromatic carbocycles. The van der Waals surface area contributed by atoms with E-state index in [1.165, 1.54) is 13.2 Å². The SMILES string of the molecule is COS(=O)c1ccccc1N=Nc1c(C)cc2cc(S(=O)(=O)O)c(N=Nc3cc(C)c(C)cc3C)c(C)c2c1C. The molecule has 0 amide bonds. The first kappa shape index (κ1) is 29.3. The van der Waals surface area contributed by atoms with Crippen LogP contribution in [0.15, 0.2) is 78.8 Å². The van der Waals surface area contributed by atoms with E-state index in [4.69, 9.17) is 4.18 Å². The van der Waals surface area contributed by atoms with E-state index in [1.54, 1.807) is 37.3 Å². The lowest BCUT2D eigenvalue weighted by Crippen LogP contribution is -2.01. The molecular weight excluding hydrogens is 548 g/mol. The second-order valence-corrected chi connectivity index (χ2v) is 12.2. The monoisotopic (exact) mass is 578 g/mol. The van der Waals surface area contributed by atoms with E-state index in [0.29, 0.717) is 38.3 Å². The number of azo groups is 2. The van der Waals surface area contributed by atoms with Gasteiger partial charge in [-0.1, -0.05) is 18.2 Å². The molecule has 0 aliphatic heterocycles. The van der Waals surface area contributed by atoms with Gasteiger partial charge < -0.3 is 0 Å². The van der Waals surface area contributed by atoms with E-state index in [-0.39, 0.29) is 10.6 Å². The zero-order valence-electron chi connectivity index (χ0n) is 23.3. The summed E-state index contributed by atoms with van der Waals surface area (Å²) < 4.78 is 52.1. The second-order valence-electron chi connectivity index (χ2n) is 9.58. The molecule has 1 unspecified atom stereocenters. The van der Waals surface area contributed by atoms with Gasteiger partial charge in [0.05, 0.1) is 23.4 Å². The highest BCUT2D eigenvalue weighted by Gasteiger charge is 2.23. The number of benzene rings is 4. The summed E-state index contributed by atoms with van der Waals surface area (Å²) in [6, 6.07) is 13.9. The predicted molar refractivity (Wildman–Crippen MR) is 157 cm³/mol. The van der Waals surface area contributed by atoms with Crippen molar-refractivity contribution in [3.63, 3.8) is 0 Å². The minimum atomic E-state index is -4.61. The molecule has 0 aromatic heterocycles. The van der Waals surface area contributed by atoms with Gasteiger partial charge in [0, 0.05) is 0 Å². The van der Waals surface area contributed by atoms with Crippen molar-refractivity contribution in [3.05, 3.63) is 81.9 Å². The van der Waals surface area contributed by atoms with Gasteiger partial charge in [0.2, 0.25) is 0 Å². The van der Waals surface area contributed by atoms with Gasteiger partial charge in [-0.25, -0.2) is 4.21 Å². The van der Waals surface area contributed by atoms with Crippen molar-refractivity contribution >= 4 is 54.7 Å². The van der Waals surface area contributed by atoms with E-state index in [2.05, 4.69) is 20.5 Å². The minimum Gasteiger partial charge on any atom is -0.290 e. The van der Waals surface area contributed by atoms with Crippen LogP contribution in [-0.2, 0) is 25.4 Å². The summed E-state index contributed by atoms with van der Waals surface area (Å²) in [5, 5.41) is 18.9. The second kappa shape index (κ2) is 11.5. The summed E-state index contributed by atoms with van der Waals surface area (Å²) in [6.07, 6.45) is 0. The van der Waals surface area contributed by atoms with Gasteiger partial charge in [-0.15, -0.1) is 15.3 Å². The summed E-state index contributed by atoms with van der Waals surface area (Å²) >= 11 is -1.69. The lowest BCUT2D eigenvalue weighted by atomic mass is 9.95. The van der Waals surface area contributed by atoms with Crippen molar-refractivity contribution in [3.8, 4) is 0 Å². The Morgan fingerprint density at radius 3 is 2.00 bits per heavy atom. The summed E-state index contributed by atoms with van der Waals surface area (Å²) in [4.78, 5) is 0.0649. The number of fused-ring (bicyclic) bond motifs is 1. The van der Waals surface area contributed by atoms with Crippen molar-refractivity contribution < 1.29 is 21.4 Å². The highest BCUT2D eigenvalue weighted by Crippen LogP contribution is 2.41. The lowest BCUT2D eigenvalue weighted by Gasteiger charge is -2.15. The van der Waals surface area contributed by atoms with Gasteiger partial charge in [0.25, 0.3) is 10.1 Å². The Kier molecular flexibility index (Phi) is 8.41. The maximum Gasteiger partial charge on any atom is 0.296 e. The van der Waals surface area contributed by atoms with Crippen LogP contribution >= 0.6 is 0 Å². The van der Waals surface area contributed by atoms with Crippen LogP contribution in [-0.4, -0.2) is 24.3 Å². The number of hydrogen-bond acceptors (Lipinski definition) is 8. The standard InChI is InChI=1S/C29H30N4O5S2/c1-16-12-18(3)24(14-17(16)2)31-33-29-21(6)27-20(5)28(19(4)13-22(27)15-26(29)40(35,36)37)32-30-23-10-8-9-11-25(23)39(34)38-7/h8-15H,1-7H3,(H,35,36,37). The molecule has 40 heavy (non-hydrogen) atoms. The molecule has 0 aliphatic rings. The molecule has 1 N–H and O–H groups in total. The molecule has 0 fully saturated rings. The van der Waals surface area contributed by atoms with Crippen LogP contribution < -0.4 is 0 Å². The number of nitrogens with zero attached hydrogens (tertiary/aromatic N) is 4. The maximum absolute atomic E-state index is 12.4. The molecule has 0 saturated heterocycles. The molecule has 4 aromatic rings. The molecule has 0 spiro atoms. The van der Waals surface area contributed by atoms with Gasteiger partial charge in [0.15, 0.2) is 11.1 Å². The Morgan fingerprint density at radius 1 is 0.725 bits per heavy atom. The fourth-order valence-corrected chi connectivity index (χ4v) is 6.00. The van der Waals surface area contributed by atoms with Crippen molar-refractivity contribution in [1.82, 2.24) is 0 Å². The van der Waals surface area contributed by atoms with Gasteiger partial charge >= 0.3 is 0 Å². The van der Waals surface area contributed by atoms with E-state index in [1.807, 2.05) is 46.8 Å². The zero-order chi connectivity index (χ0) is 29.4. The van der Waals surface area contributed by atoms with Crippen LogP contribution in [0.2, 0.25) is 0 Å². The Balaban J connectivity index is 1.93. The van der Waals surface area contributed by atoms with Crippen LogP contribution in [0.25, 0.3) is 10.8 Å². The van der Waals surface area contributed by atoms with Crippen molar-refractivity contribution in [2.24, 2.45) is 20.5 Å². The molecule has 0 heterocycles. The van der Waals surface area contributed by atoms with E-state index in [9.17, 15) is 17.2 Å². The van der Waals surface area contributed by atoms with E-state index < -0.39 is 21.2 Å². The van der Waals surface area contributed by atoms with Crippen LogP contribution in [0.3, 0.4) is 0 Å². The highest BCUT2D eigenvalue weighted by atomic mass is 32.2. The first-order chi connectivity index (χ1) is 18.8. The molecular formula is C29H30N4O5S2. The third-order valence-electron chi connectivity index (χ3n) is 6.82. The fraction of sp³-hybridized carbons (Fsp3) is 0.241. The smallest absolute Gasteiger partial charge is 0.290 e. The zero-order valence-corrected chi connectivity index (χ0v) is 24.9. The normalized spacial score (nSPS) is 13.1. The Hall–Kier alpha value is -3.64. The summed E-state index contributed by atoms with van der Waals surface area (Å²) in [5.74, 6) is 0. The molecule has 208 valence electrons. The van der Waals surface area contributed by atoms with Crippen molar-refractivity contribution in [2.75, 3.05) is 7.11 Å². The molecule has 9 nitrogen and oxygen atoms in total. The number of hydrogen-bond donors (Lipinski definition) is 1. The highest BCUT2D eigenvalue weighted by molar-refractivity contribution is 7.86. The summed E-state index contributed by atoms with van der Waals surface area (Å²) in [5.41, 5.74) is 6.65. The first-order valence-electron chi connectivity index (χ1n) is 12.3. The average Bonchev–Trinajstić information content (AvgIpc) is 2.89. The molecule has 0 radical (unpaired) electrons. The lowest BCUT2D eigenvalue weighted by molar-refractivity contribution is 0.446. The Morgan fingerprint density at radius 2 is 1.32 bits per heavy atom. The first-order valence-corrected chi connectivity index (χ1v) is 14.9. The summed E-state index contributed by atoms with van der Waals surface area (Å²) in [7, 11) is -3.26. The van der Waals surface area contributed by atoms with Crippen LogP contribution in [0.5, 0.6) is 0 Å². The van der Waals surface area contributed by atoms with Crippen molar-refractivity contribution in [2.45, 2.75) is 51.3 Å². The van der Waals surface area contributed by atoms with E-state index in [0.717, 1.165) is 27.8 Å². The molecule has 0 aliphatic carbocycles. The van der Waals surface area contributed by atoms with Crippen LogP contribution in [0, 0.1) is 41.5 Å². The van der Waals surface area contributed by atoms with E-state index >= 15 is 0 Å². The van der Waals surface area contributed by atoms with Gasteiger partial charge in [-0.2, -0.15) is 13.5 Å². The topological polar surface area (TPSA) is 130 Å². The molecule has 0 saturated carbocycles. The third kappa shape index (κ3) is 5.78. The largest absolute Gasteiger partial charge is 0.296 e. The molecule has 0 bridgehead atoms. The number of aryl methyl sites for hydroxylation is 6. The predicted octanol–water partition coefficient (Wildman–Crippen LogP) is 8.44. The third-order valence-corrected chi connectivity index (χ3v) is 8.69. The number of rotatable bonds is 7. The van der Waals surface area contributed by atoms with Crippen LogP contribution in [0.1, 0.15) is 33.4 Å². The van der Waals surface area contributed by atoms with Gasteiger partial charge in [-0.05, 0) is 116 Å². The fourth-order valence-electron chi connectivity index (χ4n) is 4.63. The molecule has 1 atom stereocenters. The maximum atomic E-state index is 12.4. The molecule has 11 heteroatoms. The average molecular weight is 579 g/mol.